The van der Waals surface area contributed by atoms with E-state index in [0.717, 1.165) is 51.3 Å². The summed E-state index contributed by atoms with van der Waals surface area (Å²) >= 11 is 0. The molecule has 5 N–H and O–H groups in total. The van der Waals surface area contributed by atoms with Gasteiger partial charge in [-0.15, -0.1) is 0 Å². The molecule has 0 saturated heterocycles. The number of amides is 1. The molecule has 7 rings (SSSR count). The Kier molecular flexibility index (Phi) is 7.54. The standard InChI is InChI=1S/C37H32F2N6O/c1-42-17-26-18-43-35(40)33-15-24(8-9-31(26)33)25-12-29(39)16-30(13-25)45(37(46)21-5-6-21)20-27-19-44-36(41)34-14-23(7-10-32(27)34)22-3-2-4-28(38)11-22/h2-4,7-16,18-19,21,42H,5-6,17,20H2,1H3,(H2,40,43)(H2,41,44). The Hall–Kier alpha value is -5.41. The van der Waals surface area contributed by atoms with E-state index in [1.54, 1.807) is 23.4 Å². The lowest BCUT2D eigenvalue weighted by Gasteiger charge is -2.25. The van der Waals surface area contributed by atoms with Crippen LogP contribution in [0.3, 0.4) is 0 Å². The largest absolute Gasteiger partial charge is 0.383 e. The highest BCUT2D eigenvalue weighted by molar-refractivity contribution is 6.00. The monoisotopic (exact) mass is 614 g/mol. The molecule has 0 unspecified atom stereocenters. The fraction of sp³-hybridized carbons (Fsp3) is 0.162. The third-order valence-corrected chi connectivity index (χ3v) is 8.58. The maximum Gasteiger partial charge on any atom is 0.230 e. The van der Waals surface area contributed by atoms with Gasteiger partial charge in [-0.2, -0.15) is 0 Å². The summed E-state index contributed by atoms with van der Waals surface area (Å²) in [7, 11) is 1.87. The molecule has 0 atom stereocenters. The molecule has 46 heavy (non-hydrogen) atoms. The number of anilines is 3. The zero-order chi connectivity index (χ0) is 31.9. The first kappa shape index (κ1) is 29.3. The molecule has 7 nitrogen and oxygen atoms in total. The lowest BCUT2D eigenvalue weighted by molar-refractivity contribution is -0.119. The van der Waals surface area contributed by atoms with Gasteiger partial charge in [0.15, 0.2) is 0 Å². The molecule has 0 bridgehead atoms. The molecular weight excluding hydrogens is 582 g/mol. The molecule has 6 aromatic rings. The van der Waals surface area contributed by atoms with E-state index < -0.39 is 5.82 Å². The van der Waals surface area contributed by atoms with Crippen LogP contribution in [0.4, 0.5) is 26.1 Å². The molecule has 2 aromatic heterocycles. The number of hydrogen-bond acceptors (Lipinski definition) is 6. The second-order valence-corrected chi connectivity index (χ2v) is 11.8. The van der Waals surface area contributed by atoms with Crippen molar-refractivity contribution in [3.63, 3.8) is 0 Å². The van der Waals surface area contributed by atoms with Crippen LogP contribution in [-0.4, -0.2) is 22.9 Å². The van der Waals surface area contributed by atoms with Gasteiger partial charge in [-0.25, -0.2) is 18.7 Å². The summed E-state index contributed by atoms with van der Waals surface area (Å²) in [5.41, 5.74) is 17.7. The Balaban J connectivity index is 1.29. The highest BCUT2D eigenvalue weighted by Gasteiger charge is 2.34. The topological polar surface area (TPSA) is 110 Å². The van der Waals surface area contributed by atoms with Crippen molar-refractivity contribution in [3.05, 3.63) is 114 Å². The van der Waals surface area contributed by atoms with Crippen molar-refractivity contribution in [1.82, 2.24) is 15.3 Å². The summed E-state index contributed by atoms with van der Waals surface area (Å²) in [6, 6.07) is 22.5. The zero-order valence-electron chi connectivity index (χ0n) is 25.2. The number of nitrogens with two attached hydrogens (primary N) is 2. The predicted molar refractivity (Wildman–Crippen MR) is 180 cm³/mol. The quantitative estimate of drug-likeness (QED) is 0.167. The van der Waals surface area contributed by atoms with E-state index in [1.807, 2.05) is 55.6 Å². The fourth-order valence-corrected chi connectivity index (χ4v) is 6.04. The molecule has 1 aliphatic rings. The third-order valence-electron chi connectivity index (χ3n) is 8.58. The Morgan fingerprint density at radius 2 is 1.37 bits per heavy atom. The van der Waals surface area contributed by atoms with Gasteiger partial charge in [0, 0.05) is 41.3 Å². The minimum Gasteiger partial charge on any atom is -0.383 e. The van der Waals surface area contributed by atoms with Gasteiger partial charge in [-0.3, -0.25) is 4.79 Å². The minimum absolute atomic E-state index is 0.0680. The molecule has 4 aromatic carbocycles. The van der Waals surface area contributed by atoms with Crippen LogP contribution in [-0.2, 0) is 17.9 Å². The lowest BCUT2D eigenvalue weighted by atomic mass is 9.98. The number of aromatic nitrogens is 2. The van der Waals surface area contributed by atoms with Crippen molar-refractivity contribution in [3.8, 4) is 22.3 Å². The van der Waals surface area contributed by atoms with Crippen molar-refractivity contribution in [2.75, 3.05) is 23.4 Å². The zero-order valence-corrected chi connectivity index (χ0v) is 25.2. The molecule has 1 saturated carbocycles. The summed E-state index contributed by atoms with van der Waals surface area (Å²) in [6.07, 6.45) is 5.00. The van der Waals surface area contributed by atoms with Crippen LogP contribution in [0, 0.1) is 17.6 Å². The molecule has 2 heterocycles. The maximum atomic E-state index is 15.4. The van der Waals surface area contributed by atoms with E-state index in [1.165, 1.54) is 24.3 Å². The summed E-state index contributed by atoms with van der Waals surface area (Å²) in [5.74, 6) is -0.257. The number of nitrogens with one attached hydrogen (secondary N) is 1. The lowest BCUT2D eigenvalue weighted by Crippen LogP contribution is -2.32. The smallest absolute Gasteiger partial charge is 0.230 e. The SMILES string of the molecule is CNCc1cnc(N)c2cc(-c3cc(F)cc(N(Cc4cnc(N)c5cc(-c6cccc(F)c6)ccc45)C(=O)C4CC4)c3)ccc12. The average Bonchev–Trinajstić information content (AvgIpc) is 3.91. The van der Waals surface area contributed by atoms with Gasteiger partial charge in [0.2, 0.25) is 5.91 Å². The molecular formula is C37H32F2N6O. The summed E-state index contributed by atoms with van der Waals surface area (Å²) in [5, 5.41) is 6.40. The van der Waals surface area contributed by atoms with Crippen LogP contribution >= 0.6 is 0 Å². The second kappa shape index (κ2) is 11.8. The Bertz CT molecular complexity index is 2150. The minimum atomic E-state index is -0.462. The van der Waals surface area contributed by atoms with Gasteiger partial charge >= 0.3 is 0 Å². The highest BCUT2D eigenvalue weighted by Crippen LogP contribution is 2.37. The first-order valence-corrected chi connectivity index (χ1v) is 15.2. The number of halogens is 2. The van der Waals surface area contributed by atoms with Crippen LogP contribution in [0.2, 0.25) is 0 Å². The Morgan fingerprint density at radius 1 is 0.761 bits per heavy atom. The Labute approximate surface area is 264 Å². The van der Waals surface area contributed by atoms with Crippen LogP contribution < -0.4 is 21.7 Å². The van der Waals surface area contributed by atoms with Crippen LogP contribution in [0.25, 0.3) is 43.8 Å². The first-order valence-electron chi connectivity index (χ1n) is 15.2. The highest BCUT2D eigenvalue weighted by atomic mass is 19.1. The van der Waals surface area contributed by atoms with E-state index >= 15 is 4.39 Å². The number of benzene rings is 4. The number of pyridine rings is 2. The molecule has 0 spiro atoms. The van der Waals surface area contributed by atoms with E-state index in [0.29, 0.717) is 40.4 Å². The molecule has 1 fully saturated rings. The number of nitrogen functional groups attached to an aromatic ring is 2. The van der Waals surface area contributed by atoms with E-state index in [2.05, 4.69) is 15.3 Å². The first-order chi connectivity index (χ1) is 22.3. The maximum absolute atomic E-state index is 15.4. The normalized spacial score (nSPS) is 12.9. The molecule has 230 valence electrons. The number of nitrogens with zero attached hydrogens (tertiary/aromatic N) is 3. The average molecular weight is 615 g/mol. The summed E-state index contributed by atoms with van der Waals surface area (Å²) < 4.78 is 29.3. The number of carbonyl (C=O) groups is 1. The van der Waals surface area contributed by atoms with E-state index in [-0.39, 0.29) is 24.2 Å². The van der Waals surface area contributed by atoms with Crippen molar-refractivity contribution in [2.45, 2.75) is 25.9 Å². The van der Waals surface area contributed by atoms with Gasteiger partial charge in [0.25, 0.3) is 0 Å². The van der Waals surface area contributed by atoms with Crippen molar-refractivity contribution >= 4 is 44.8 Å². The second-order valence-electron chi connectivity index (χ2n) is 11.8. The van der Waals surface area contributed by atoms with Gasteiger partial charge < -0.3 is 21.7 Å². The third kappa shape index (κ3) is 5.61. The van der Waals surface area contributed by atoms with Gasteiger partial charge in [-0.05, 0) is 107 Å². The van der Waals surface area contributed by atoms with Crippen LogP contribution in [0.5, 0.6) is 0 Å². The van der Waals surface area contributed by atoms with Crippen molar-refractivity contribution < 1.29 is 13.6 Å². The van der Waals surface area contributed by atoms with E-state index in [9.17, 15) is 9.18 Å². The van der Waals surface area contributed by atoms with Crippen LogP contribution in [0.15, 0.2) is 91.3 Å². The van der Waals surface area contributed by atoms with Crippen molar-refractivity contribution in [1.29, 1.82) is 0 Å². The Morgan fingerprint density at radius 3 is 2.02 bits per heavy atom. The van der Waals surface area contributed by atoms with Crippen molar-refractivity contribution in [2.24, 2.45) is 5.92 Å². The number of fused-ring (bicyclic) bond motifs is 2. The summed E-state index contributed by atoms with van der Waals surface area (Å²) in [6.45, 7) is 0.801. The van der Waals surface area contributed by atoms with Gasteiger partial charge in [-0.1, -0.05) is 36.4 Å². The van der Waals surface area contributed by atoms with E-state index in [4.69, 9.17) is 11.5 Å². The number of hydrogen-bond donors (Lipinski definition) is 3. The number of carbonyl (C=O) groups excluding carboxylic acids is 1. The van der Waals surface area contributed by atoms with Gasteiger partial charge in [0.1, 0.15) is 23.3 Å². The molecule has 0 aliphatic heterocycles. The molecule has 0 radical (unpaired) electrons. The number of rotatable bonds is 8. The predicted octanol–water partition coefficient (Wildman–Crippen LogP) is 7.22. The fourth-order valence-electron chi connectivity index (χ4n) is 6.04. The van der Waals surface area contributed by atoms with Gasteiger partial charge in [0.05, 0.1) is 6.54 Å². The molecule has 1 amide bonds. The molecule has 9 heteroatoms. The van der Waals surface area contributed by atoms with Crippen LogP contribution in [0.1, 0.15) is 24.0 Å². The summed E-state index contributed by atoms with van der Waals surface area (Å²) in [4.78, 5) is 24.2. The molecule has 1 aliphatic carbocycles.